The van der Waals surface area contributed by atoms with Crippen LogP contribution in [0, 0.1) is 17.6 Å². The highest BCUT2D eigenvalue weighted by atomic mass is 19.1. The molecule has 3 aromatic rings. The molecule has 182 valence electrons. The predicted molar refractivity (Wildman–Crippen MR) is 126 cm³/mol. The van der Waals surface area contributed by atoms with E-state index < -0.39 is 17.6 Å². The van der Waals surface area contributed by atoms with Gasteiger partial charge in [0, 0.05) is 24.8 Å². The number of nitrogens with zero attached hydrogens (tertiary/aromatic N) is 2. The third kappa shape index (κ3) is 7.84. The molecule has 34 heavy (non-hydrogen) atoms. The maximum Gasteiger partial charge on any atom is 0.304 e. The largest absolute Gasteiger partial charge is 0.488 e. The minimum Gasteiger partial charge on any atom is -0.488 e. The van der Waals surface area contributed by atoms with E-state index in [1.807, 2.05) is 24.3 Å². The monoisotopic (exact) mass is 472 g/mol. The lowest BCUT2D eigenvalue weighted by atomic mass is 10.0. The highest BCUT2D eigenvalue weighted by molar-refractivity contribution is 5.66. The van der Waals surface area contributed by atoms with Crippen molar-refractivity contribution in [2.45, 2.75) is 39.3 Å². The maximum absolute atomic E-state index is 14.0. The van der Waals surface area contributed by atoms with Crippen molar-refractivity contribution < 1.29 is 23.4 Å². The number of aromatic nitrogens is 2. The number of carboxylic acid groups (broad SMARTS) is 1. The van der Waals surface area contributed by atoms with E-state index in [2.05, 4.69) is 29.6 Å². The summed E-state index contributed by atoms with van der Waals surface area (Å²) in [5, 5.41) is 19.4. The van der Waals surface area contributed by atoms with Crippen LogP contribution in [0.1, 0.15) is 32.3 Å². The van der Waals surface area contributed by atoms with E-state index >= 15 is 0 Å². The Morgan fingerprint density at radius 3 is 2.62 bits per heavy atom. The molecule has 3 rings (SSSR count). The van der Waals surface area contributed by atoms with E-state index in [1.165, 1.54) is 23.0 Å². The zero-order chi connectivity index (χ0) is 24.5. The number of rotatable bonds is 13. The number of halogens is 2. The second kappa shape index (κ2) is 12.1. The van der Waals surface area contributed by atoms with Gasteiger partial charge in [0.15, 0.2) is 11.6 Å². The Labute approximate surface area is 197 Å². The number of ether oxygens (including phenoxy) is 1. The van der Waals surface area contributed by atoms with Gasteiger partial charge < -0.3 is 20.5 Å². The molecule has 0 fully saturated rings. The number of carbonyl (C=O) groups is 1. The van der Waals surface area contributed by atoms with E-state index in [1.54, 1.807) is 6.20 Å². The summed E-state index contributed by atoms with van der Waals surface area (Å²) >= 11 is 0. The highest BCUT2D eigenvalue weighted by Crippen LogP contribution is 2.19. The molecular weight excluding hydrogens is 442 g/mol. The Balaban J connectivity index is 1.56. The molecule has 0 aliphatic rings. The molecule has 1 aromatic heterocycles. The van der Waals surface area contributed by atoms with Crippen LogP contribution < -0.4 is 15.4 Å². The number of nitrogens with one attached hydrogen (secondary N) is 2. The molecular formula is C25H30F2N4O3. The van der Waals surface area contributed by atoms with Crippen molar-refractivity contribution in [1.29, 1.82) is 0 Å². The molecule has 0 spiro atoms. The second-order valence-corrected chi connectivity index (χ2v) is 8.52. The molecule has 0 saturated heterocycles. The van der Waals surface area contributed by atoms with Crippen LogP contribution in [0.4, 0.5) is 14.5 Å². The summed E-state index contributed by atoms with van der Waals surface area (Å²) in [6, 6.07) is 11.3. The number of benzene rings is 2. The molecule has 0 bridgehead atoms. The van der Waals surface area contributed by atoms with Gasteiger partial charge in [0.05, 0.1) is 24.9 Å². The molecule has 0 aliphatic heterocycles. The van der Waals surface area contributed by atoms with Crippen LogP contribution in [-0.2, 0) is 11.3 Å². The average molecular weight is 473 g/mol. The molecule has 7 nitrogen and oxygen atoms in total. The van der Waals surface area contributed by atoms with Gasteiger partial charge in [-0.05, 0) is 42.2 Å². The summed E-state index contributed by atoms with van der Waals surface area (Å²) in [6.45, 7) is 5.68. The van der Waals surface area contributed by atoms with Crippen LogP contribution in [0.15, 0.2) is 54.9 Å². The normalized spacial score (nSPS) is 12.0. The van der Waals surface area contributed by atoms with Crippen molar-refractivity contribution in [3.05, 3.63) is 72.1 Å². The zero-order valence-electron chi connectivity index (χ0n) is 19.3. The quantitative estimate of drug-likeness (QED) is 0.315. The van der Waals surface area contributed by atoms with Crippen molar-refractivity contribution in [3.63, 3.8) is 0 Å². The van der Waals surface area contributed by atoms with Gasteiger partial charge in [-0.25, -0.2) is 13.5 Å². The van der Waals surface area contributed by atoms with Crippen LogP contribution in [0.5, 0.6) is 5.75 Å². The van der Waals surface area contributed by atoms with E-state index in [9.17, 15) is 13.6 Å². The summed E-state index contributed by atoms with van der Waals surface area (Å²) < 4.78 is 34.4. The van der Waals surface area contributed by atoms with Gasteiger partial charge >= 0.3 is 5.97 Å². The lowest BCUT2D eigenvalue weighted by Gasteiger charge is -2.22. The molecule has 9 heteroatoms. The lowest BCUT2D eigenvalue weighted by molar-refractivity contribution is -0.136. The Kier molecular flexibility index (Phi) is 8.98. The third-order valence-electron chi connectivity index (χ3n) is 5.09. The fraction of sp³-hybridized carbons (Fsp3) is 0.360. The number of hydrogen-bond acceptors (Lipinski definition) is 5. The van der Waals surface area contributed by atoms with Crippen molar-refractivity contribution in [2.24, 2.45) is 5.92 Å². The van der Waals surface area contributed by atoms with Crippen LogP contribution in [0.25, 0.3) is 5.69 Å². The predicted octanol–water partition coefficient (Wildman–Crippen LogP) is 4.62. The SMILES string of the molecule is CC(C)C[C@@H](COc1cnn(-c2ccc(F)cc2F)c1)Nc1ccc(CNCCC(=O)O)cc1. The maximum atomic E-state index is 14.0. The van der Waals surface area contributed by atoms with Gasteiger partial charge in [-0.1, -0.05) is 26.0 Å². The summed E-state index contributed by atoms with van der Waals surface area (Å²) in [6.07, 6.45) is 4.03. The first-order chi connectivity index (χ1) is 16.3. The molecule has 2 aromatic carbocycles. The molecule has 0 radical (unpaired) electrons. The Morgan fingerprint density at radius 1 is 1.18 bits per heavy atom. The first-order valence-corrected chi connectivity index (χ1v) is 11.2. The standard InChI is InChI=1S/C25H30F2N4O3/c1-17(2)11-21(30-20-6-3-18(4-7-20)13-28-10-9-25(32)33)16-34-22-14-29-31(15-22)24-8-5-19(26)12-23(24)27/h3-8,12,14-15,17,21,28,30H,9-11,13,16H2,1-2H3,(H,32,33)/t21-/m0/s1. The summed E-state index contributed by atoms with van der Waals surface area (Å²) in [7, 11) is 0. The van der Waals surface area contributed by atoms with E-state index in [0.717, 1.165) is 23.7 Å². The Morgan fingerprint density at radius 2 is 1.94 bits per heavy atom. The summed E-state index contributed by atoms with van der Waals surface area (Å²) in [5.74, 6) is -1.23. The van der Waals surface area contributed by atoms with Crippen molar-refractivity contribution in [1.82, 2.24) is 15.1 Å². The summed E-state index contributed by atoms with van der Waals surface area (Å²) in [5.41, 5.74) is 2.16. The highest BCUT2D eigenvalue weighted by Gasteiger charge is 2.14. The van der Waals surface area contributed by atoms with Gasteiger partial charge in [-0.3, -0.25) is 4.79 Å². The number of carboxylic acids is 1. The third-order valence-corrected chi connectivity index (χ3v) is 5.09. The zero-order valence-corrected chi connectivity index (χ0v) is 19.3. The minimum absolute atomic E-state index is 0.0328. The first kappa shape index (κ1) is 25.2. The van der Waals surface area contributed by atoms with Crippen molar-refractivity contribution in [3.8, 4) is 11.4 Å². The molecule has 0 unspecified atom stereocenters. The van der Waals surface area contributed by atoms with Crippen LogP contribution >= 0.6 is 0 Å². The molecule has 3 N–H and O–H groups in total. The van der Waals surface area contributed by atoms with Crippen LogP contribution in [0.3, 0.4) is 0 Å². The fourth-order valence-electron chi connectivity index (χ4n) is 3.50. The van der Waals surface area contributed by atoms with Gasteiger partial charge in [0.25, 0.3) is 0 Å². The first-order valence-electron chi connectivity index (χ1n) is 11.2. The van der Waals surface area contributed by atoms with Crippen molar-refractivity contribution >= 4 is 11.7 Å². The van der Waals surface area contributed by atoms with Gasteiger partial charge in [-0.2, -0.15) is 5.10 Å². The molecule has 0 aliphatic carbocycles. The van der Waals surface area contributed by atoms with Gasteiger partial charge in [-0.15, -0.1) is 0 Å². The molecule has 0 amide bonds. The second-order valence-electron chi connectivity index (χ2n) is 8.52. The number of hydrogen-bond donors (Lipinski definition) is 3. The van der Waals surface area contributed by atoms with Crippen LogP contribution in [0.2, 0.25) is 0 Å². The van der Waals surface area contributed by atoms with E-state index in [0.29, 0.717) is 31.4 Å². The number of anilines is 1. The topological polar surface area (TPSA) is 88.4 Å². The molecule has 1 atom stereocenters. The average Bonchev–Trinajstić information content (AvgIpc) is 3.24. The molecule has 0 saturated carbocycles. The minimum atomic E-state index is -0.819. The van der Waals surface area contributed by atoms with Crippen molar-refractivity contribution in [2.75, 3.05) is 18.5 Å². The lowest BCUT2D eigenvalue weighted by Crippen LogP contribution is -2.28. The smallest absolute Gasteiger partial charge is 0.304 e. The van der Waals surface area contributed by atoms with Crippen LogP contribution in [-0.4, -0.2) is 40.0 Å². The van der Waals surface area contributed by atoms with E-state index in [-0.39, 0.29) is 18.2 Å². The van der Waals surface area contributed by atoms with E-state index in [4.69, 9.17) is 9.84 Å². The Bertz CT molecular complexity index is 1070. The van der Waals surface area contributed by atoms with Gasteiger partial charge in [0.2, 0.25) is 0 Å². The molecule has 1 heterocycles. The summed E-state index contributed by atoms with van der Waals surface area (Å²) in [4.78, 5) is 10.6. The number of aliphatic carboxylic acids is 1. The van der Waals surface area contributed by atoms with Gasteiger partial charge in [0.1, 0.15) is 18.1 Å². The Hall–Kier alpha value is -3.46. The fourth-order valence-corrected chi connectivity index (χ4v) is 3.50.